The largest absolute Gasteiger partial charge is 0.497 e. The molecule has 0 saturated heterocycles. The molecule has 3 aromatic carbocycles. The predicted octanol–water partition coefficient (Wildman–Crippen LogP) is 5.25. The SMILES string of the molecule is COc1ccc(OC)c(C(C)N(c2ccc(C)c(F)c2)S(=O)(=O)c2ccc(F)cc2)c1. The molecular weight excluding hydrogens is 424 g/mol. The first-order chi connectivity index (χ1) is 14.7. The Morgan fingerprint density at radius 3 is 2.16 bits per heavy atom. The van der Waals surface area contributed by atoms with Crippen LogP contribution in [0.15, 0.2) is 65.6 Å². The summed E-state index contributed by atoms with van der Waals surface area (Å²) in [6.07, 6.45) is 0. The van der Waals surface area contributed by atoms with E-state index in [1.165, 1.54) is 44.6 Å². The molecule has 0 N–H and O–H groups in total. The van der Waals surface area contributed by atoms with Crippen molar-refractivity contribution in [3.63, 3.8) is 0 Å². The first kappa shape index (κ1) is 22.6. The summed E-state index contributed by atoms with van der Waals surface area (Å²) in [7, 11) is -1.22. The number of sulfonamides is 1. The number of nitrogens with zero attached hydrogens (tertiary/aromatic N) is 1. The molecule has 3 rings (SSSR count). The highest BCUT2D eigenvalue weighted by molar-refractivity contribution is 7.92. The summed E-state index contributed by atoms with van der Waals surface area (Å²) in [6, 6.07) is 12.9. The molecule has 0 aliphatic rings. The van der Waals surface area contributed by atoms with Crippen molar-refractivity contribution in [1.29, 1.82) is 0 Å². The van der Waals surface area contributed by atoms with Crippen LogP contribution in [0.5, 0.6) is 11.5 Å². The molecule has 5 nitrogen and oxygen atoms in total. The molecule has 0 heterocycles. The second kappa shape index (κ2) is 8.93. The average Bonchev–Trinajstić information content (AvgIpc) is 2.76. The van der Waals surface area contributed by atoms with E-state index in [4.69, 9.17) is 9.47 Å². The van der Waals surface area contributed by atoms with Gasteiger partial charge < -0.3 is 9.47 Å². The maximum atomic E-state index is 14.4. The number of halogens is 2. The standard InChI is InChI=1S/C23H23F2NO4S/c1-15-5-8-18(13-22(15)25)26(31(27,28)20-10-6-17(24)7-11-20)16(2)21-14-19(29-3)9-12-23(21)30-4/h5-14,16H,1-4H3. The van der Waals surface area contributed by atoms with Gasteiger partial charge in [-0.1, -0.05) is 6.07 Å². The third-order valence-corrected chi connectivity index (χ3v) is 6.93. The molecule has 0 fully saturated rings. The van der Waals surface area contributed by atoms with Gasteiger partial charge in [0.2, 0.25) is 0 Å². The van der Waals surface area contributed by atoms with Gasteiger partial charge in [-0.2, -0.15) is 0 Å². The summed E-state index contributed by atoms with van der Waals surface area (Å²) in [6.45, 7) is 3.25. The van der Waals surface area contributed by atoms with Crippen LogP contribution in [0.4, 0.5) is 14.5 Å². The second-order valence-electron chi connectivity index (χ2n) is 6.97. The topological polar surface area (TPSA) is 55.8 Å². The van der Waals surface area contributed by atoms with Crippen molar-refractivity contribution in [3.8, 4) is 11.5 Å². The van der Waals surface area contributed by atoms with Crippen LogP contribution in [0.2, 0.25) is 0 Å². The van der Waals surface area contributed by atoms with Gasteiger partial charge >= 0.3 is 0 Å². The van der Waals surface area contributed by atoms with E-state index in [1.54, 1.807) is 32.0 Å². The number of anilines is 1. The zero-order chi connectivity index (χ0) is 22.8. The van der Waals surface area contributed by atoms with Gasteiger partial charge in [0.25, 0.3) is 10.0 Å². The van der Waals surface area contributed by atoms with Crippen molar-refractivity contribution in [2.75, 3.05) is 18.5 Å². The summed E-state index contributed by atoms with van der Waals surface area (Å²) in [5.41, 5.74) is 1.04. The lowest BCUT2D eigenvalue weighted by Gasteiger charge is -2.32. The van der Waals surface area contributed by atoms with Crippen molar-refractivity contribution in [1.82, 2.24) is 0 Å². The normalized spacial score (nSPS) is 12.3. The maximum Gasteiger partial charge on any atom is 0.264 e. The van der Waals surface area contributed by atoms with E-state index in [9.17, 15) is 17.2 Å². The molecule has 1 atom stereocenters. The highest BCUT2D eigenvalue weighted by Crippen LogP contribution is 2.38. The molecule has 0 aromatic heterocycles. The van der Waals surface area contributed by atoms with Crippen LogP contribution in [-0.2, 0) is 10.0 Å². The van der Waals surface area contributed by atoms with E-state index in [1.807, 2.05) is 0 Å². The Balaban J connectivity index is 2.23. The van der Waals surface area contributed by atoms with Gasteiger partial charge in [-0.25, -0.2) is 17.2 Å². The zero-order valence-electron chi connectivity index (χ0n) is 17.6. The lowest BCUT2D eigenvalue weighted by Crippen LogP contribution is -2.34. The molecule has 3 aromatic rings. The number of ether oxygens (including phenoxy) is 2. The predicted molar refractivity (Wildman–Crippen MR) is 115 cm³/mol. The van der Waals surface area contributed by atoms with Crippen LogP contribution in [0, 0.1) is 18.6 Å². The average molecular weight is 448 g/mol. The Kier molecular flexibility index (Phi) is 6.50. The second-order valence-corrected chi connectivity index (χ2v) is 8.79. The minimum Gasteiger partial charge on any atom is -0.497 e. The molecule has 0 aliphatic heterocycles. The number of benzene rings is 3. The van der Waals surface area contributed by atoms with Crippen molar-refractivity contribution in [3.05, 3.63) is 83.4 Å². The first-order valence-corrected chi connectivity index (χ1v) is 10.9. The van der Waals surface area contributed by atoms with E-state index >= 15 is 0 Å². The Labute approximate surface area is 180 Å². The van der Waals surface area contributed by atoms with Crippen molar-refractivity contribution >= 4 is 15.7 Å². The molecule has 1 unspecified atom stereocenters. The minimum atomic E-state index is -4.19. The molecule has 0 bridgehead atoms. The van der Waals surface area contributed by atoms with Crippen molar-refractivity contribution < 1.29 is 26.7 Å². The van der Waals surface area contributed by atoms with E-state index in [0.29, 0.717) is 22.6 Å². The van der Waals surface area contributed by atoms with Gasteiger partial charge in [-0.05, 0) is 74.0 Å². The summed E-state index contributed by atoms with van der Waals surface area (Å²) >= 11 is 0. The van der Waals surface area contributed by atoms with Crippen LogP contribution < -0.4 is 13.8 Å². The highest BCUT2D eigenvalue weighted by Gasteiger charge is 2.32. The van der Waals surface area contributed by atoms with Crippen LogP contribution in [-0.4, -0.2) is 22.6 Å². The van der Waals surface area contributed by atoms with E-state index in [-0.39, 0.29) is 10.6 Å². The minimum absolute atomic E-state index is 0.122. The van der Waals surface area contributed by atoms with Gasteiger partial charge in [0.05, 0.1) is 30.8 Å². The summed E-state index contributed by atoms with van der Waals surface area (Å²) < 4.78 is 66.9. The molecular formula is C23H23F2NO4S. The third-order valence-electron chi connectivity index (χ3n) is 5.02. The number of hydrogen-bond acceptors (Lipinski definition) is 4. The third kappa shape index (κ3) is 4.49. The highest BCUT2D eigenvalue weighted by atomic mass is 32.2. The smallest absolute Gasteiger partial charge is 0.264 e. The number of hydrogen-bond donors (Lipinski definition) is 0. The van der Waals surface area contributed by atoms with Crippen LogP contribution in [0.25, 0.3) is 0 Å². The molecule has 0 amide bonds. The molecule has 0 radical (unpaired) electrons. The van der Waals surface area contributed by atoms with Crippen LogP contribution >= 0.6 is 0 Å². The Morgan fingerprint density at radius 2 is 1.58 bits per heavy atom. The summed E-state index contributed by atoms with van der Waals surface area (Å²) in [5, 5.41) is 0. The van der Waals surface area contributed by atoms with Gasteiger partial charge in [0.15, 0.2) is 0 Å². The number of rotatable bonds is 7. The molecule has 0 saturated carbocycles. The molecule has 0 aliphatic carbocycles. The van der Waals surface area contributed by atoms with E-state index in [0.717, 1.165) is 16.4 Å². The maximum absolute atomic E-state index is 14.4. The molecule has 31 heavy (non-hydrogen) atoms. The van der Waals surface area contributed by atoms with Gasteiger partial charge in [0.1, 0.15) is 23.1 Å². The number of aryl methyl sites for hydroxylation is 1. The lowest BCUT2D eigenvalue weighted by molar-refractivity contribution is 0.396. The monoisotopic (exact) mass is 447 g/mol. The van der Waals surface area contributed by atoms with Crippen LogP contribution in [0.1, 0.15) is 24.1 Å². The first-order valence-electron chi connectivity index (χ1n) is 9.47. The van der Waals surface area contributed by atoms with Gasteiger partial charge in [-0.15, -0.1) is 0 Å². The van der Waals surface area contributed by atoms with Gasteiger partial charge in [0, 0.05) is 5.56 Å². The Hall–Kier alpha value is -3.13. The van der Waals surface area contributed by atoms with E-state index < -0.39 is 27.7 Å². The fourth-order valence-corrected chi connectivity index (χ4v) is 4.93. The molecule has 164 valence electrons. The van der Waals surface area contributed by atoms with E-state index in [2.05, 4.69) is 0 Å². The van der Waals surface area contributed by atoms with Crippen LogP contribution in [0.3, 0.4) is 0 Å². The van der Waals surface area contributed by atoms with Crippen molar-refractivity contribution in [2.24, 2.45) is 0 Å². The van der Waals surface area contributed by atoms with Crippen molar-refractivity contribution in [2.45, 2.75) is 24.8 Å². The lowest BCUT2D eigenvalue weighted by atomic mass is 10.1. The number of methoxy groups -OCH3 is 2. The fraction of sp³-hybridized carbons (Fsp3) is 0.217. The van der Waals surface area contributed by atoms with Gasteiger partial charge in [-0.3, -0.25) is 4.31 Å². The summed E-state index contributed by atoms with van der Waals surface area (Å²) in [5.74, 6) is -0.145. The summed E-state index contributed by atoms with van der Waals surface area (Å²) in [4.78, 5) is -0.122. The zero-order valence-corrected chi connectivity index (χ0v) is 18.4. The Bertz CT molecular complexity index is 1180. The quantitative estimate of drug-likeness (QED) is 0.497. The Morgan fingerprint density at radius 1 is 0.903 bits per heavy atom. The fourth-order valence-electron chi connectivity index (χ4n) is 3.30. The molecule has 8 heteroatoms. The molecule has 0 spiro atoms.